The Morgan fingerprint density at radius 2 is 1.26 bits per heavy atom. The second-order valence-corrected chi connectivity index (χ2v) is 14.2. The maximum Gasteiger partial charge on any atom is 0.269 e. The molecular formula is C52H39N5O. The highest BCUT2D eigenvalue weighted by molar-refractivity contribution is 6.09. The smallest absolute Gasteiger partial charge is 0.269 e. The van der Waals surface area contributed by atoms with E-state index >= 15 is 0 Å². The number of imidazole rings is 1. The van der Waals surface area contributed by atoms with Crippen LogP contribution in [-0.2, 0) is 0 Å². The number of para-hydroxylation sites is 4. The van der Waals surface area contributed by atoms with E-state index in [4.69, 9.17) is 23.4 Å². The van der Waals surface area contributed by atoms with Crippen molar-refractivity contribution in [3.8, 4) is 50.9 Å². The van der Waals surface area contributed by atoms with Crippen molar-refractivity contribution < 1.29 is 23.0 Å². The molecule has 7 aromatic carbocycles. The molecule has 0 radical (unpaired) electrons. The summed E-state index contributed by atoms with van der Waals surface area (Å²) in [6.07, 6.45) is 7.64. The summed E-state index contributed by atoms with van der Waals surface area (Å²) in [5, 5.41) is 2.15. The van der Waals surface area contributed by atoms with Crippen LogP contribution in [0.2, 0.25) is 0 Å². The van der Waals surface area contributed by atoms with Gasteiger partial charge in [0.05, 0.1) is 47.1 Å². The summed E-state index contributed by atoms with van der Waals surface area (Å²) in [7, 11) is 0. The van der Waals surface area contributed by atoms with E-state index in [0.717, 1.165) is 46.4 Å². The Morgan fingerprint density at radius 3 is 2.03 bits per heavy atom. The average Bonchev–Trinajstić information content (AvgIpc) is 4.12. The zero-order valence-electron chi connectivity index (χ0n) is 41.1. The van der Waals surface area contributed by atoms with Gasteiger partial charge in [0.2, 0.25) is 0 Å². The van der Waals surface area contributed by atoms with Crippen molar-refractivity contribution in [3.05, 3.63) is 194 Å². The van der Waals surface area contributed by atoms with Gasteiger partial charge in [-0.25, -0.2) is 4.98 Å². The van der Waals surface area contributed by atoms with Crippen LogP contribution in [0.3, 0.4) is 0 Å². The molecule has 0 unspecified atom stereocenters. The van der Waals surface area contributed by atoms with Gasteiger partial charge in [-0.05, 0) is 77.6 Å². The second kappa shape index (κ2) is 14.3. The molecule has 10 aromatic rings. The topological polar surface area (TPSA) is 39.1 Å². The molecule has 4 heterocycles. The molecule has 0 N–H and O–H groups in total. The van der Waals surface area contributed by atoms with Crippen molar-refractivity contribution in [1.29, 1.82) is 0 Å². The van der Waals surface area contributed by atoms with E-state index in [-0.39, 0.29) is 27.9 Å². The number of benzene rings is 7. The minimum Gasteiger partial charge on any atom is -0.458 e. The monoisotopic (exact) mass is 759 g/mol. The Bertz CT molecular complexity index is 3570. The number of ether oxygens (including phenoxy) is 1. The van der Waals surface area contributed by atoms with E-state index in [2.05, 4.69) is 46.1 Å². The van der Waals surface area contributed by atoms with Crippen molar-refractivity contribution in [3.63, 3.8) is 0 Å². The highest BCUT2D eigenvalue weighted by Gasteiger charge is 2.21. The molecule has 0 bridgehead atoms. The SMILES string of the molecule is [2H]c1c([2H])c([2H])c(-c2cccc(-c3c([2H])c([2H])c([2H])c([2H])c3[2H])c2-[n+]2[c-]n(-c3cccc(Oc4ccc5c6ccccc6n(-c6cc(N7CCCC7)ccn6)c5c4)c3)c3ccccc32)c([2H])c1[2H]. The Kier molecular flexibility index (Phi) is 6.13. The predicted molar refractivity (Wildman–Crippen MR) is 235 cm³/mol. The van der Waals surface area contributed by atoms with Crippen LogP contribution < -0.4 is 14.2 Å². The fourth-order valence-corrected chi connectivity index (χ4v) is 8.16. The van der Waals surface area contributed by atoms with Gasteiger partial charge in [0.1, 0.15) is 17.3 Å². The molecule has 6 nitrogen and oxygen atoms in total. The number of anilines is 1. The van der Waals surface area contributed by atoms with Gasteiger partial charge >= 0.3 is 0 Å². The summed E-state index contributed by atoms with van der Waals surface area (Å²) in [6.45, 7) is 2.03. The van der Waals surface area contributed by atoms with Gasteiger partial charge < -0.3 is 9.64 Å². The Hall–Kier alpha value is -7.44. The van der Waals surface area contributed by atoms with E-state index < -0.39 is 60.4 Å². The fourth-order valence-electron chi connectivity index (χ4n) is 8.16. The molecule has 6 heteroatoms. The normalized spacial score (nSPS) is 15.3. The average molecular weight is 760 g/mol. The van der Waals surface area contributed by atoms with Crippen LogP contribution in [0, 0.1) is 6.33 Å². The molecule has 0 atom stereocenters. The van der Waals surface area contributed by atoms with Crippen LogP contribution in [0.4, 0.5) is 5.69 Å². The lowest BCUT2D eigenvalue weighted by Crippen LogP contribution is -2.31. The second-order valence-electron chi connectivity index (χ2n) is 14.2. The first-order valence-electron chi connectivity index (χ1n) is 24.2. The molecule has 3 aromatic heterocycles. The number of rotatable bonds is 8. The van der Waals surface area contributed by atoms with Crippen LogP contribution in [0.25, 0.3) is 72.3 Å². The van der Waals surface area contributed by atoms with Gasteiger partial charge in [0, 0.05) is 47.9 Å². The highest BCUT2D eigenvalue weighted by Crippen LogP contribution is 2.37. The standard InChI is InChI=1S/C52H39N5O/c1-3-15-37(16-4-1)43-22-14-23-44(38-17-5-2-6-18-38)52(43)56-36-55(48-25-9-10-26-49(48)56)40-19-13-20-41(33-40)58-42-27-28-46-45-21-7-8-24-47(45)57(50(46)35-42)51-34-39(29-30-53-51)54-31-11-12-32-54/h1-10,13-30,33-35H,11-12,31-32H2/i1D,2D,3D,4D,5D,6D,15D,16D,17D,18D. The molecule has 1 saturated heterocycles. The molecule has 1 aliphatic heterocycles. The van der Waals surface area contributed by atoms with Crippen molar-refractivity contribution in [2.75, 3.05) is 18.0 Å². The summed E-state index contributed by atoms with van der Waals surface area (Å²) < 4.78 is 99.1. The maximum absolute atomic E-state index is 9.00. The van der Waals surface area contributed by atoms with Crippen molar-refractivity contribution in [2.24, 2.45) is 0 Å². The number of hydrogen-bond acceptors (Lipinski definition) is 3. The first-order chi connectivity index (χ1) is 32.9. The van der Waals surface area contributed by atoms with Crippen molar-refractivity contribution in [1.82, 2.24) is 14.1 Å². The van der Waals surface area contributed by atoms with Crippen molar-refractivity contribution >= 4 is 38.5 Å². The van der Waals surface area contributed by atoms with Gasteiger partial charge in [0.15, 0.2) is 0 Å². The minimum atomic E-state index is -0.563. The lowest BCUT2D eigenvalue weighted by molar-refractivity contribution is -0.571. The van der Waals surface area contributed by atoms with E-state index in [0.29, 0.717) is 28.2 Å². The van der Waals surface area contributed by atoms with Crippen LogP contribution in [0.15, 0.2) is 188 Å². The summed E-state index contributed by atoms with van der Waals surface area (Å²) in [6, 6.07) is 33.0. The third-order valence-electron chi connectivity index (χ3n) is 10.7. The molecule has 0 amide bonds. The first-order valence-corrected chi connectivity index (χ1v) is 19.2. The molecule has 1 aliphatic rings. The number of aromatic nitrogens is 4. The number of nitrogens with zero attached hydrogens (tertiary/aromatic N) is 5. The zero-order chi connectivity index (χ0) is 47.1. The maximum atomic E-state index is 9.00. The third kappa shape index (κ3) is 5.89. The van der Waals surface area contributed by atoms with Crippen LogP contribution in [0.1, 0.15) is 26.5 Å². The Labute approximate surface area is 351 Å². The summed E-state index contributed by atoms with van der Waals surface area (Å²) in [5.74, 6) is 1.93. The van der Waals surface area contributed by atoms with E-state index in [1.807, 2.05) is 79.0 Å². The fraction of sp³-hybridized carbons (Fsp3) is 0.0769. The van der Waals surface area contributed by atoms with Crippen molar-refractivity contribution in [2.45, 2.75) is 12.8 Å². The molecule has 58 heavy (non-hydrogen) atoms. The quantitative estimate of drug-likeness (QED) is 0.114. The third-order valence-corrected chi connectivity index (χ3v) is 10.7. The van der Waals surface area contributed by atoms with Gasteiger partial charge in [0.25, 0.3) is 6.33 Å². The minimum absolute atomic E-state index is 0.126. The zero-order valence-corrected chi connectivity index (χ0v) is 31.1. The van der Waals surface area contributed by atoms with E-state index in [9.17, 15) is 0 Å². The molecule has 278 valence electrons. The molecular weight excluding hydrogens is 711 g/mol. The predicted octanol–water partition coefficient (Wildman–Crippen LogP) is 11.9. The lowest BCUT2D eigenvalue weighted by Gasteiger charge is -2.18. The summed E-state index contributed by atoms with van der Waals surface area (Å²) in [4.78, 5) is 7.24. The first kappa shape index (κ1) is 24.9. The number of hydrogen-bond donors (Lipinski definition) is 0. The van der Waals surface area contributed by atoms with E-state index in [1.165, 1.54) is 12.8 Å². The van der Waals surface area contributed by atoms with Crippen LogP contribution in [-0.4, -0.2) is 27.2 Å². The molecule has 11 rings (SSSR count). The van der Waals surface area contributed by atoms with Gasteiger partial charge in [-0.1, -0.05) is 127 Å². The summed E-state index contributed by atoms with van der Waals surface area (Å²) >= 11 is 0. The largest absolute Gasteiger partial charge is 0.458 e. The van der Waals surface area contributed by atoms with Crippen LogP contribution in [0.5, 0.6) is 11.5 Å². The lowest BCUT2D eigenvalue weighted by atomic mass is 9.95. The number of pyridine rings is 1. The van der Waals surface area contributed by atoms with Gasteiger partial charge in [-0.15, -0.1) is 0 Å². The van der Waals surface area contributed by atoms with E-state index in [1.54, 1.807) is 27.3 Å². The van der Waals surface area contributed by atoms with Crippen LogP contribution >= 0.6 is 0 Å². The molecule has 1 fully saturated rings. The molecule has 0 aliphatic carbocycles. The van der Waals surface area contributed by atoms with Gasteiger partial charge in [-0.2, -0.15) is 0 Å². The Morgan fingerprint density at radius 1 is 0.586 bits per heavy atom. The molecule has 0 spiro atoms. The van der Waals surface area contributed by atoms with Gasteiger partial charge in [-0.3, -0.25) is 13.7 Å². The summed E-state index contributed by atoms with van der Waals surface area (Å²) in [5.41, 5.74) is 5.23. The Balaban J connectivity index is 1.07. The number of fused-ring (bicyclic) bond motifs is 4. The molecule has 0 saturated carbocycles. The highest BCUT2D eigenvalue weighted by atomic mass is 16.5.